The largest absolute Gasteiger partial charge is 0.491 e. The Bertz CT molecular complexity index is 1670. The van der Waals surface area contributed by atoms with Crippen LogP contribution in [0.4, 0.5) is 19.7 Å². The zero-order valence-electron chi connectivity index (χ0n) is 21.0. The van der Waals surface area contributed by atoms with Crippen molar-refractivity contribution in [3.63, 3.8) is 0 Å². The molecule has 0 saturated carbocycles. The van der Waals surface area contributed by atoms with Crippen molar-refractivity contribution in [2.24, 2.45) is 5.73 Å². The van der Waals surface area contributed by atoms with Crippen molar-refractivity contribution >= 4 is 39.6 Å². The van der Waals surface area contributed by atoms with Gasteiger partial charge in [-0.05, 0) is 23.8 Å². The fraction of sp³-hybridized carbons (Fsp3) is 0.138. The first-order valence-corrected chi connectivity index (χ1v) is 12.1. The van der Waals surface area contributed by atoms with E-state index in [0.717, 1.165) is 5.56 Å². The monoisotopic (exact) mass is 528 g/mol. The summed E-state index contributed by atoms with van der Waals surface area (Å²) in [7, 11) is 1.57. The Morgan fingerprint density at radius 2 is 1.79 bits per heavy atom. The first-order chi connectivity index (χ1) is 19.0. The molecule has 0 bridgehead atoms. The van der Waals surface area contributed by atoms with Crippen LogP contribution >= 0.6 is 0 Å². The summed E-state index contributed by atoms with van der Waals surface area (Å²) in [4.78, 5) is 29.1. The lowest BCUT2D eigenvalue weighted by Crippen LogP contribution is -2.19. The van der Waals surface area contributed by atoms with Crippen molar-refractivity contribution < 1.29 is 28.2 Å². The molecule has 3 aromatic carbocycles. The number of aromatic nitrogens is 2. The smallest absolute Gasteiger partial charge is 0.412 e. The Hall–Kier alpha value is -4.96. The van der Waals surface area contributed by atoms with Crippen molar-refractivity contribution in [1.82, 2.24) is 9.55 Å². The van der Waals surface area contributed by atoms with E-state index >= 15 is 4.39 Å². The van der Waals surface area contributed by atoms with Gasteiger partial charge >= 0.3 is 12.1 Å². The highest BCUT2D eigenvalue weighted by molar-refractivity contribution is 6.18. The van der Waals surface area contributed by atoms with Crippen LogP contribution in [0.25, 0.3) is 32.9 Å². The van der Waals surface area contributed by atoms with Crippen molar-refractivity contribution in [3.05, 3.63) is 90.5 Å². The van der Waals surface area contributed by atoms with E-state index in [2.05, 4.69) is 10.3 Å². The number of methoxy groups -OCH3 is 1. The molecule has 0 aliphatic heterocycles. The van der Waals surface area contributed by atoms with Crippen LogP contribution < -0.4 is 15.8 Å². The van der Waals surface area contributed by atoms with E-state index in [4.69, 9.17) is 19.9 Å². The number of ether oxygens (including phenoxy) is 3. The van der Waals surface area contributed by atoms with Crippen LogP contribution in [0.15, 0.2) is 79.1 Å². The highest BCUT2D eigenvalue weighted by Gasteiger charge is 2.21. The van der Waals surface area contributed by atoms with Crippen LogP contribution in [0.3, 0.4) is 0 Å². The summed E-state index contributed by atoms with van der Waals surface area (Å²) < 4.78 is 33.1. The molecular weight excluding hydrogens is 503 g/mol. The van der Waals surface area contributed by atoms with Gasteiger partial charge < -0.3 is 19.9 Å². The van der Waals surface area contributed by atoms with E-state index in [-0.39, 0.29) is 17.9 Å². The molecule has 9 nitrogen and oxygen atoms in total. The molecule has 0 atom stereocenters. The van der Waals surface area contributed by atoms with Crippen molar-refractivity contribution in [2.75, 3.05) is 25.6 Å². The minimum absolute atomic E-state index is 0.0427. The second kappa shape index (κ2) is 11.2. The van der Waals surface area contributed by atoms with Crippen LogP contribution in [-0.2, 0) is 16.1 Å². The molecule has 2 amide bonds. The van der Waals surface area contributed by atoms with Crippen molar-refractivity contribution in [2.45, 2.75) is 6.61 Å². The summed E-state index contributed by atoms with van der Waals surface area (Å²) >= 11 is 0. The quantitative estimate of drug-likeness (QED) is 0.250. The minimum atomic E-state index is -0.794. The number of carbonyl (C=O) groups excluding carboxylic acids is 2. The van der Waals surface area contributed by atoms with E-state index in [0.29, 0.717) is 46.3 Å². The molecule has 5 rings (SSSR count). The van der Waals surface area contributed by atoms with Gasteiger partial charge in [-0.3, -0.25) is 14.9 Å². The van der Waals surface area contributed by atoms with Crippen molar-refractivity contribution in [3.8, 4) is 16.9 Å². The van der Waals surface area contributed by atoms with Crippen LogP contribution in [0.1, 0.15) is 5.56 Å². The molecule has 5 aromatic rings. The lowest BCUT2D eigenvalue weighted by Gasteiger charge is -2.11. The minimum Gasteiger partial charge on any atom is -0.491 e. The molecule has 0 spiro atoms. The van der Waals surface area contributed by atoms with Crippen LogP contribution in [0, 0.1) is 5.82 Å². The normalized spacial score (nSPS) is 11.0. The number of nitrogens with two attached hydrogens (primary N) is 1. The first-order valence-electron chi connectivity index (χ1n) is 12.1. The van der Waals surface area contributed by atoms with Crippen LogP contribution in [0.5, 0.6) is 5.75 Å². The number of fused-ring (bicyclic) bond motifs is 3. The van der Waals surface area contributed by atoms with Crippen LogP contribution in [0.2, 0.25) is 0 Å². The fourth-order valence-electron chi connectivity index (χ4n) is 4.42. The lowest BCUT2D eigenvalue weighted by atomic mass is 10.0. The van der Waals surface area contributed by atoms with E-state index in [9.17, 15) is 9.59 Å². The maximum absolute atomic E-state index is 15.8. The molecule has 3 N–H and O–H groups in total. The molecule has 0 unspecified atom stereocenters. The fourth-order valence-corrected chi connectivity index (χ4v) is 4.42. The number of halogens is 1. The maximum atomic E-state index is 15.8. The van der Waals surface area contributed by atoms with Gasteiger partial charge in [-0.1, -0.05) is 42.5 Å². The number of hydrogen-bond acceptors (Lipinski definition) is 6. The van der Waals surface area contributed by atoms with E-state index < -0.39 is 17.9 Å². The summed E-state index contributed by atoms with van der Waals surface area (Å²) in [6, 6.07) is 18.3. The topological polar surface area (TPSA) is 118 Å². The molecule has 10 heteroatoms. The predicted molar refractivity (Wildman–Crippen MR) is 145 cm³/mol. The number of nitrogens with zero attached hydrogens (tertiary/aromatic N) is 2. The average molecular weight is 529 g/mol. The number of pyridine rings is 1. The van der Waals surface area contributed by atoms with Gasteiger partial charge in [0.1, 0.15) is 19.0 Å². The number of carbonyl (C=O) groups is 2. The third-order valence-corrected chi connectivity index (χ3v) is 6.16. The number of amides is 2. The van der Waals surface area contributed by atoms with E-state index in [1.807, 2.05) is 30.3 Å². The molecule has 0 aliphatic carbocycles. The van der Waals surface area contributed by atoms with Gasteiger partial charge in [-0.25, -0.2) is 14.0 Å². The molecule has 2 aromatic heterocycles. The first kappa shape index (κ1) is 25.7. The Kier molecular flexibility index (Phi) is 7.37. The molecule has 0 radical (unpaired) electrons. The molecular formula is C29H25FN4O5. The van der Waals surface area contributed by atoms with Crippen LogP contribution in [-0.4, -0.2) is 42.0 Å². The Labute approximate surface area is 222 Å². The molecule has 2 heterocycles. The number of hydrogen-bond donors (Lipinski definition) is 2. The lowest BCUT2D eigenvalue weighted by molar-refractivity contribution is 0.146. The van der Waals surface area contributed by atoms with E-state index in [1.165, 1.54) is 23.0 Å². The molecule has 0 aliphatic rings. The number of rotatable bonds is 8. The van der Waals surface area contributed by atoms with Gasteiger partial charge in [0.05, 0.1) is 29.5 Å². The zero-order valence-corrected chi connectivity index (χ0v) is 21.0. The number of primary amides is 1. The highest BCUT2D eigenvalue weighted by atomic mass is 19.1. The van der Waals surface area contributed by atoms with Gasteiger partial charge in [0, 0.05) is 41.3 Å². The predicted octanol–water partition coefficient (Wildman–Crippen LogP) is 5.70. The Morgan fingerprint density at radius 1 is 0.974 bits per heavy atom. The van der Waals surface area contributed by atoms with Gasteiger partial charge in [-0.15, -0.1) is 0 Å². The highest BCUT2D eigenvalue weighted by Crippen LogP contribution is 2.39. The number of anilines is 1. The standard InChI is InChI=1S/C29H25FN4O5/c1-37-12-13-38-19-10-11-21-24(14-19)34(28(31)35)25-16-32-15-22(26(21)25)20-8-5-9-23(27(20)30)33-29(36)39-17-18-6-3-2-4-7-18/h2-11,14-16H,12-13,17H2,1H3,(H2,31,35)(H,33,36). The third-order valence-electron chi connectivity index (χ3n) is 6.16. The van der Waals surface area contributed by atoms with Gasteiger partial charge in [-0.2, -0.15) is 0 Å². The zero-order chi connectivity index (χ0) is 27.4. The summed E-state index contributed by atoms with van der Waals surface area (Å²) in [5.74, 6) is -0.159. The molecule has 0 fully saturated rings. The number of nitrogens with one attached hydrogen (secondary N) is 1. The van der Waals surface area contributed by atoms with Crippen molar-refractivity contribution in [1.29, 1.82) is 0 Å². The Morgan fingerprint density at radius 3 is 2.56 bits per heavy atom. The average Bonchev–Trinajstić information content (AvgIpc) is 3.28. The Balaban J connectivity index is 1.53. The molecule has 39 heavy (non-hydrogen) atoms. The van der Waals surface area contributed by atoms with Gasteiger partial charge in [0.25, 0.3) is 0 Å². The second-order valence-corrected chi connectivity index (χ2v) is 8.63. The summed E-state index contributed by atoms with van der Waals surface area (Å²) in [6.07, 6.45) is 2.21. The summed E-state index contributed by atoms with van der Waals surface area (Å²) in [6.45, 7) is 0.764. The van der Waals surface area contributed by atoms with E-state index in [1.54, 1.807) is 37.4 Å². The number of benzene rings is 3. The van der Waals surface area contributed by atoms with Gasteiger partial charge in [0.15, 0.2) is 5.82 Å². The summed E-state index contributed by atoms with van der Waals surface area (Å²) in [5.41, 5.74) is 7.97. The molecule has 0 saturated heterocycles. The SMILES string of the molecule is COCCOc1ccc2c3c(-c4cccc(NC(=O)OCc5ccccc5)c4F)cncc3n(C(N)=O)c2c1. The third kappa shape index (κ3) is 5.23. The summed E-state index contributed by atoms with van der Waals surface area (Å²) in [5, 5.41) is 3.70. The van der Waals surface area contributed by atoms with Gasteiger partial charge in [0.2, 0.25) is 0 Å². The molecule has 198 valence electrons. The maximum Gasteiger partial charge on any atom is 0.412 e. The second-order valence-electron chi connectivity index (χ2n) is 8.63.